The molecule has 0 aromatic heterocycles. The molecule has 0 heterocycles. The molecule has 1 heteroatoms. The fraction of sp³-hybridized carbons (Fsp3) is 0.292. The molecule has 0 spiro atoms. The summed E-state index contributed by atoms with van der Waals surface area (Å²) in [5, 5.41) is 2.75. The molecule has 0 N–H and O–H groups in total. The Hall–Kier alpha value is -4.62. The Morgan fingerprint density at radius 2 is 1.08 bits per heavy atom. The van der Waals surface area contributed by atoms with Gasteiger partial charge in [0.05, 0.1) is 11.4 Å². The van der Waals surface area contributed by atoms with E-state index in [9.17, 15) is 0 Å². The summed E-state index contributed by atoms with van der Waals surface area (Å²) in [5.41, 5.74) is 12.9. The van der Waals surface area contributed by atoms with Crippen LogP contribution in [0.3, 0.4) is 0 Å². The van der Waals surface area contributed by atoms with Gasteiger partial charge in [-0.25, -0.2) is 0 Å². The molecule has 1 fully saturated rings. The number of fused-ring (bicyclic) bond motifs is 1. The summed E-state index contributed by atoms with van der Waals surface area (Å²) in [6, 6.07) is 50.3. The predicted molar refractivity (Wildman–Crippen MR) is 213 cm³/mol. The monoisotopic (exact) mass is 641 g/mol. The van der Waals surface area contributed by atoms with Crippen molar-refractivity contribution in [2.75, 3.05) is 4.90 Å². The van der Waals surface area contributed by atoms with Gasteiger partial charge in [-0.3, -0.25) is 0 Å². The zero-order chi connectivity index (χ0) is 34.2. The van der Waals surface area contributed by atoms with Crippen LogP contribution in [0.1, 0.15) is 96.3 Å². The van der Waals surface area contributed by atoms with E-state index in [2.05, 4.69) is 180 Å². The van der Waals surface area contributed by atoms with E-state index < -0.39 is 0 Å². The van der Waals surface area contributed by atoms with Crippen molar-refractivity contribution in [1.29, 1.82) is 0 Å². The first-order valence-corrected chi connectivity index (χ1v) is 18.3. The number of anilines is 3. The smallest absolute Gasteiger partial charge is 0.0540 e. The van der Waals surface area contributed by atoms with E-state index in [0.717, 1.165) is 5.69 Å². The average molecular weight is 642 g/mol. The third-order valence-electron chi connectivity index (χ3n) is 10.6. The van der Waals surface area contributed by atoms with Crippen LogP contribution in [0.5, 0.6) is 0 Å². The summed E-state index contributed by atoms with van der Waals surface area (Å²) < 4.78 is 0. The molecule has 1 nitrogen and oxygen atoms in total. The van der Waals surface area contributed by atoms with E-state index in [1.165, 1.54) is 93.2 Å². The first-order chi connectivity index (χ1) is 23.6. The minimum absolute atomic E-state index is 0.0254. The maximum atomic E-state index is 2.51. The van der Waals surface area contributed by atoms with Gasteiger partial charge in [0.2, 0.25) is 0 Å². The molecule has 1 saturated carbocycles. The molecule has 0 atom stereocenters. The largest absolute Gasteiger partial charge is 0.309 e. The maximum absolute atomic E-state index is 2.51. The van der Waals surface area contributed by atoms with E-state index in [1.54, 1.807) is 0 Å². The Bertz CT molecular complexity index is 2040. The lowest BCUT2D eigenvalue weighted by Gasteiger charge is -2.32. The molecule has 7 rings (SSSR count). The molecule has 1 aliphatic rings. The third-order valence-corrected chi connectivity index (χ3v) is 10.6. The lowest BCUT2D eigenvalue weighted by Crippen LogP contribution is -2.16. The van der Waals surface area contributed by atoms with Crippen molar-refractivity contribution < 1.29 is 0 Å². The topological polar surface area (TPSA) is 3.24 Å². The second-order valence-electron chi connectivity index (χ2n) is 16.1. The fourth-order valence-electron chi connectivity index (χ4n) is 7.81. The van der Waals surface area contributed by atoms with Gasteiger partial charge in [-0.2, -0.15) is 0 Å². The molecule has 0 radical (unpaired) electrons. The van der Waals surface area contributed by atoms with Gasteiger partial charge >= 0.3 is 0 Å². The highest BCUT2D eigenvalue weighted by molar-refractivity contribution is 6.04. The summed E-state index contributed by atoms with van der Waals surface area (Å²) in [7, 11) is 0. The zero-order valence-electron chi connectivity index (χ0n) is 30.3. The van der Waals surface area contributed by atoms with E-state index in [0.29, 0.717) is 5.92 Å². The van der Waals surface area contributed by atoms with Crippen LogP contribution in [-0.4, -0.2) is 0 Å². The minimum atomic E-state index is 0.0254. The van der Waals surface area contributed by atoms with E-state index in [4.69, 9.17) is 0 Å². The Kier molecular flexibility index (Phi) is 8.97. The Morgan fingerprint density at radius 3 is 1.78 bits per heavy atom. The Morgan fingerprint density at radius 1 is 0.490 bits per heavy atom. The standard InChI is InChI=1S/C48H51N/c1-47(2,3)37-27-30-39(31-28-37)49(45-32-29-38(48(4,5)6)33-43(45)35-19-11-8-12-20-35)44-26-14-13-23-41(44)42-25-16-22-36-21-15-24-40(46(36)42)34-17-9-7-10-18-34/h8,11-16,19-34H,7,9-10,17-18H2,1-6H3. The van der Waals surface area contributed by atoms with Crippen LogP contribution in [0.4, 0.5) is 17.1 Å². The quantitative estimate of drug-likeness (QED) is 0.175. The molecular weight excluding hydrogens is 591 g/mol. The van der Waals surface area contributed by atoms with Gasteiger partial charge in [-0.05, 0) is 98.5 Å². The van der Waals surface area contributed by atoms with Crippen molar-refractivity contribution in [2.24, 2.45) is 0 Å². The van der Waals surface area contributed by atoms with Gasteiger partial charge in [0.15, 0.2) is 0 Å². The van der Waals surface area contributed by atoms with Crippen molar-refractivity contribution in [3.05, 3.63) is 150 Å². The van der Waals surface area contributed by atoms with Crippen molar-refractivity contribution in [2.45, 2.75) is 90.4 Å². The molecule has 248 valence electrons. The van der Waals surface area contributed by atoms with E-state index in [1.807, 2.05) is 0 Å². The third kappa shape index (κ3) is 6.69. The maximum Gasteiger partial charge on any atom is 0.0540 e. The SMILES string of the molecule is CC(C)(C)c1ccc(N(c2ccc(C(C)(C)C)cc2-c2ccccc2)c2ccccc2-c2cccc3cccc(C4CCCCC4)c23)cc1. The molecule has 0 saturated heterocycles. The number of nitrogens with zero attached hydrogens (tertiary/aromatic N) is 1. The van der Waals surface area contributed by atoms with Crippen LogP contribution >= 0.6 is 0 Å². The second-order valence-corrected chi connectivity index (χ2v) is 16.1. The van der Waals surface area contributed by atoms with Crippen LogP contribution in [0.25, 0.3) is 33.0 Å². The van der Waals surface area contributed by atoms with Crippen LogP contribution in [0, 0.1) is 0 Å². The molecule has 0 unspecified atom stereocenters. The van der Waals surface area contributed by atoms with Crippen LogP contribution in [-0.2, 0) is 10.8 Å². The number of hydrogen-bond donors (Lipinski definition) is 0. The molecule has 49 heavy (non-hydrogen) atoms. The molecule has 0 amide bonds. The van der Waals surface area contributed by atoms with Gasteiger partial charge in [0.25, 0.3) is 0 Å². The highest BCUT2D eigenvalue weighted by atomic mass is 15.1. The number of benzene rings is 6. The summed E-state index contributed by atoms with van der Waals surface area (Å²) in [5.74, 6) is 0.612. The number of rotatable bonds is 6. The molecule has 0 bridgehead atoms. The second kappa shape index (κ2) is 13.4. The predicted octanol–water partition coefficient (Wildman–Crippen LogP) is 14.3. The lowest BCUT2D eigenvalue weighted by molar-refractivity contribution is 0.445. The van der Waals surface area contributed by atoms with Gasteiger partial charge in [-0.1, -0.05) is 164 Å². The van der Waals surface area contributed by atoms with Gasteiger partial charge < -0.3 is 4.90 Å². The highest BCUT2D eigenvalue weighted by Gasteiger charge is 2.26. The normalized spacial score (nSPS) is 14.2. The lowest BCUT2D eigenvalue weighted by atomic mass is 9.80. The molecule has 6 aromatic carbocycles. The van der Waals surface area contributed by atoms with Crippen molar-refractivity contribution in [3.8, 4) is 22.3 Å². The van der Waals surface area contributed by atoms with Gasteiger partial charge in [0.1, 0.15) is 0 Å². The minimum Gasteiger partial charge on any atom is -0.309 e. The van der Waals surface area contributed by atoms with Crippen LogP contribution < -0.4 is 4.90 Å². The number of para-hydroxylation sites is 1. The van der Waals surface area contributed by atoms with Gasteiger partial charge in [0, 0.05) is 16.8 Å². The Labute approximate surface area is 294 Å². The number of hydrogen-bond acceptors (Lipinski definition) is 1. The van der Waals surface area contributed by atoms with Gasteiger partial charge in [-0.15, -0.1) is 0 Å². The van der Waals surface area contributed by atoms with Crippen LogP contribution in [0.15, 0.2) is 133 Å². The van der Waals surface area contributed by atoms with Crippen molar-refractivity contribution >= 4 is 27.8 Å². The fourth-order valence-corrected chi connectivity index (χ4v) is 7.81. The Balaban J connectivity index is 1.50. The first kappa shape index (κ1) is 32.9. The zero-order valence-corrected chi connectivity index (χ0v) is 30.3. The summed E-state index contributed by atoms with van der Waals surface area (Å²) >= 11 is 0. The average Bonchev–Trinajstić information content (AvgIpc) is 3.12. The summed E-state index contributed by atoms with van der Waals surface area (Å²) in [6.45, 7) is 13.8. The summed E-state index contributed by atoms with van der Waals surface area (Å²) in [6.07, 6.45) is 6.57. The van der Waals surface area contributed by atoms with E-state index >= 15 is 0 Å². The molecule has 1 aliphatic carbocycles. The van der Waals surface area contributed by atoms with E-state index in [-0.39, 0.29) is 10.8 Å². The summed E-state index contributed by atoms with van der Waals surface area (Å²) in [4.78, 5) is 2.51. The molecule has 6 aromatic rings. The molecular formula is C48H51N. The van der Waals surface area contributed by atoms with Crippen molar-refractivity contribution in [1.82, 2.24) is 0 Å². The first-order valence-electron chi connectivity index (χ1n) is 18.3. The highest BCUT2D eigenvalue weighted by Crippen LogP contribution is 2.48. The van der Waals surface area contributed by atoms with Crippen molar-refractivity contribution in [3.63, 3.8) is 0 Å². The molecule has 0 aliphatic heterocycles. The van der Waals surface area contributed by atoms with Crippen LogP contribution in [0.2, 0.25) is 0 Å².